The van der Waals surface area contributed by atoms with Crippen LogP contribution in [0.2, 0.25) is 10.0 Å². The van der Waals surface area contributed by atoms with Crippen LogP contribution in [0.4, 0.5) is 0 Å². The lowest BCUT2D eigenvalue weighted by Crippen LogP contribution is -2.46. The van der Waals surface area contributed by atoms with E-state index in [0.717, 1.165) is 36.8 Å². The van der Waals surface area contributed by atoms with Crippen molar-refractivity contribution in [1.29, 1.82) is 0 Å². The van der Waals surface area contributed by atoms with E-state index in [1.165, 1.54) is 0 Å². The summed E-state index contributed by atoms with van der Waals surface area (Å²) in [5.74, 6) is -0.555. The second-order valence-corrected chi connectivity index (χ2v) is 9.38. The van der Waals surface area contributed by atoms with Crippen LogP contribution in [-0.2, 0) is 18.4 Å². The van der Waals surface area contributed by atoms with Gasteiger partial charge in [-0.1, -0.05) is 41.4 Å². The maximum Gasteiger partial charge on any atom is 0.295 e. The van der Waals surface area contributed by atoms with Crippen molar-refractivity contribution >= 4 is 45.8 Å². The van der Waals surface area contributed by atoms with Gasteiger partial charge in [0.25, 0.3) is 11.7 Å². The first-order valence-electron chi connectivity index (χ1n) is 10.9. The number of hydrogen-bond donors (Lipinski definition) is 0. The number of halogens is 2. The number of carbonyl (C=O) groups excluding carboxylic acids is 2. The van der Waals surface area contributed by atoms with Crippen molar-refractivity contribution in [1.82, 2.24) is 14.4 Å². The predicted molar refractivity (Wildman–Crippen MR) is 131 cm³/mol. The normalized spacial score (nSPS) is 15.1. The van der Waals surface area contributed by atoms with Crippen LogP contribution in [0.25, 0.3) is 10.9 Å². The second-order valence-electron chi connectivity index (χ2n) is 8.54. The van der Waals surface area contributed by atoms with E-state index >= 15 is 0 Å². The number of hydrogen-bond acceptors (Lipinski definition) is 4. The quantitative estimate of drug-likeness (QED) is 0.370. The van der Waals surface area contributed by atoms with Gasteiger partial charge in [0, 0.05) is 36.1 Å². The number of ether oxygens (including phenoxy) is 1. The third-order valence-corrected chi connectivity index (χ3v) is 6.99. The smallest absolute Gasteiger partial charge is 0.295 e. The molecule has 1 saturated heterocycles. The van der Waals surface area contributed by atoms with E-state index in [1.807, 2.05) is 35.9 Å². The molecule has 3 aromatic rings. The topological polar surface area (TPSA) is 54.8 Å². The van der Waals surface area contributed by atoms with Crippen LogP contribution in [-0.4, -0.2) is 59.3 Å². The van der Waals surface area contributed by atoms with Gasteiger partial charge in [0.05, 0.1) is 16.3 Å². The molecule has 174 valence electrons. The van der Waals surface area contributed by atoms with Gasteiger partial charge in [0.15, 0.2) is 0 Å². The van der Waals surface area contributed by atoms with E-state index in [4.69, 9.17) is 27.9 Å². The Balaban J connectivity index is 1.65. The van der Waals surface area contributed by atoms with Gasteiger partial charge >= 0.3 is 0 Å². The fraction of sp³-hybridized carbons (Fsp3) is 0.360. The van der Waals surface area contributed by atoms with Crippen LogP contribution in [0.5, 0.6) is 5.75 Å². The monoisotopic (exact) mass is 487 g/mol. The van der Waals surface area contributed by atoms with Crippen molar-refractivity contribution in [3.63, 3.8) is 0 Å². The second kappa shape index (κ2) is 9.75. The highest BCUT2D eigenvalue weighted by molar-refractivity contribution is 6.45. The Kier molecular flexibility index (Phi) is 6.98. The van der Waals surface area contributed by atoms with Crippen LogP contribution in [0.1, 0.15) is 28.9 Å². The molecule has 0 unspecified atom stereocenters. The van der Waals surface area contributed by atoms with Crippen molar-refractivity contribution in [2.75, 3.05) is 27.2 Å². The number of likely N-dealkylation sites (N-methyl/N-ethyl adjacent to an activating group) is 1. The standard InChI is InChI=1S/C25H27Cl2N3O3/c1-28-12-10-17(11-13-28)29(2)25(32)24(31)23-18-6-4-5-7-20(18)30(3)21(23)15-33-22-9-8-16(26)14-19(22)27/h4-9,14,17H,10-13,15H2,1-3H3. The molecule has 1 fully saturated rings. The van der Waals surface area contributed by atoms with Crippen LogP contribution < -0.4 is 4.74 Å². The summed E-state index contributed by atoms with van der Waals surface area (Å²) >= 11 is 12.2. The molecule has 1 aliphatic rings. The molecule has 1 amide bonds. The Hall–Kier alpha value is -2.54. The maximum absolute atomic E-state index is 13.6. The Bertz CT molecular complexity index is 1200. The number of Topliss-reactive ketones (excluding diaryl/α,β-unsaturated/α-hetero) is 1. The summed E-state index contributed by atoms with van der Waals surface area (Å²) in [6.45, 7) is 1.90. The van der Waals surface area contributed by atoms with Crippen LogP contribution in [0.3, 0.4) is 0 Å². The molecule has 0 aliphatic carbocycles. The average molecular weight is 488 g/mol. The largest absolute Gasteiger partial charge is 0.486 e. The Morgan fingerprint density at radius 3 is 2.48 bits per heavy atom. The number of ketones is 1. The Labute approximate surface area is 203 Å². The molecule has 0 atom stereocenters. The van der Waals surface area contributed by atoms with Gasteiger partial charge in [0.1, 0.15) is 12.4 Å². The molecule has 2 aromatic carbocycles. The van der Waals surface area contributed by atoms with E-state index in [-0.39, 0.29) is 12.6 Å². The minimum Gasteiger partial charge on any atom is -0.486 e. The van der Waals surface area contributed by atoms with Gasteiger partial charge in [-0.2, -0.15) is 0 Å². The lowest BCUT2D eigenvalue weighted by atomic mass is 10.0. The third kappa shape index (κ3) is 4.74. The fourth-order valence-corrected chi connectivity index (χ4v) is 4.89. The molecule has 33 heavy (non-hydrogen) atoms. The summed E-state index contributed by atoms with van der Waals surface area (Å²) in [6, 6.07) is 12.6. The molecular formula is C25H27Cl2N3O3. The molecule has 1 aliphatic heterocycles. The number of fused-ring (bicyclic) bond motifs is 1. The molecule has 2 heterocycles. The van der Waals surface area contributed by atoms with Gasteiger partial charge in [-0.15, -0.1) is 0 Å². The van der Waals surface area contributed by atoms with Gasteiger partial charge in [-0.05, 0) is 57.2 Å². The van der Waals surface area contributed by atoms with E-state index in [2.05, 4.69) is 11.9 Å². The number of nitrogens with zero attached hydrogens (tertiary/aromatic N) is 3. The molecule has 0 radical (unpaired) electrons. The van der Waals surface area contributed by atoms with E-state index in [1.54, 1.807) is 30.1 Å². The Morgan fingerprint density at radius 2 is 1.79 bits per heavy atom. The van der Waals surface area contributed by atoms with Crippen molar-refractivity contribution in [2.45, 2.75) is 25.5 Å². The molecule has 4 rings (SSSR count). The molecular weight excluding hydrogens is 461 g/mol. The Morgan fingerprint density at radius 1 is 1.09 bits per heavy atom. The zero-order chi connectivity index (χ0) is 23.7. The summed E-state index contributed by atoms with van der Waals surface area (Å²) in [4.78, 5) is 30.7. The highest BCUT2D eigenvalue weighted by Gasteiger charge is 2.32. The molecule has 1 aromatic heterocycles. The lowest BCUT2D eigenvalue weighted by molar-refractivity contribution is -0.128. The van der Waals surface area contributed by atoms with Gasteiger partial charge in [0.2, 0.25) is 0 Å². The number of piperidine rings is 1. The van der Waals surface area contributed by atoms with E-state index in [0.29, 0.717) is 27.1 Å². The highest BCUT2D eigenvalue weighted by atomic mass is 35.5. The van der Waals surface area contributed by atoms with Crippen LogP contribution in [0.15, 0.2) is 42.5 Å². The van der Waals surface area contributed by atoms with Crippen LogP contribution in [0, 0.1) is 0 Å². The minimum atomic E-state index is -0.519. The zero-order valence-electron chi connectivity index (χ0n) is 19.0. The summed E-state index contributed by atoms with van der Waals surface area (Å²) < 4.78 is 7.85. The molecule has 0 saturated carbocycles. The predicted octanol–water partition coefficient (Wildman–Crippen LogP) is 4.80. The highest BCUT2D eigenvalue weighted by Crippen LogP contribution is 2.31. The first-order valence-corrected chi connectivity index (χ1v) is 11.7. The number of para-hydroxylation sites is 1. The lowest BCUT2D eigenvalue weighted by Gasteiger charge is -2.34. The van der Waals surface area contributed by atoms with Gasteiger partial charge in [-0.3, -0.25) is 9.59 Å². The number of benzene rings is 2. The average Bonchev–Trinajstić information content (AvgIpc) is 3.09. The number of aryl methyl sites for hydroxylation is 1. The molecule has 8 heteroatoms. The summed E-state index contributed by atoms with van der Waals surface area (Å²) in [5.41, 5.74) is 1.86. The summed E-state index contributed by atoms with van der Waals surface area (Å²) in [5, 5.41) is 1.62. The zero-order valence-corrected chi connectivity index (χ0v) is 20.5. The van der Waals surface area contributed by atoms with E-state index in [9.17, 15) is 9.59 Å². The fourth-order valence-electron chi connectivity index (χ4n) is 4.42. The van der Waals surface area contributed by atoms with Crippen molar-refractivity contribution < 1.29 is 14.3 Å². The van der Waals surface area contributed by atoms with Crippen molar-refractivity contribution in [3.05, 3.63) is 63.8 Å². The summed E-state index contributed by atoms with van der Waals surface area (Å²) in [7, 11) is 5.66. The molecule has 6 nitrogen and oxygen atoms in total. The van der Waals surface area contributed by atoms with Crippen molar-refractivity contribution in [3.8, 4) is 5.75 Å². The molecule has 0 N–H and O–H groups in total. The van der Waals surface area contributed by atoms with Gasteiger partial charge < -0.3 is 19.1 Å². The van der Waals surface area contributed by atoms with E-state index < -0.39 is 11.7 Å². The maximum atomic E-state index is 13.6. The SMILES string of the molecule is CN1CCC(N(C)C(=O)C(=O)c2c(COc3ccc(Cl)cc3Cl)n(C)c3ccccc23)CC1. The number of carbonyl (C=O) groups is 2. The molecule has 0 bridgehead atoms. The minimum absolute atomic E-state index is 0.0557. The number of likely N-dealkylation sites (tertiary alicyclic amines) is 1. The first-order chi connectivity index (χ1) is 15.8. The number of aromatic nitrogens is 1. The van der Waals surface area contributed by atoms with Crippen LogP contribution >= 0.6 is 23.2 Å². The van der Waals surface area contributed by atoms with Gasteiger partial charge in [-0.25, -0.2) is 0 Å². The number of rotatable bonds is 6. The summed E-state index contributed by atoms with van der Waals surface area (Å²) in [6.07, 6.45) is 1.71. The van der Waals surface area contributed by atoms with Crippen molar-refractivity contribution in [2.24, 2.45) is 7.05 Å². The first kappa shape index (κ1) is 23.6. The molecule has 0 spiro atoms. The number of amides is 1. The third-order valence-electron chi connectivity index (χ3n) is 6.46.